The number of hydroxylamine groups is 2. The largest absolute Gasteiger partial charge is 0.378 e. The smallest absolute Gasteiger partial charge is 0.253 e. The van der Waals surface area contributed by atoms with Crippen LogP contribution in [0.4, 0.5) is 37.5 Å². The van der Waals surface area contributed by atoms with Crippen LogP contribution in [0.5, 0.6) is 0 Å². The van der Waals surface area contributed by atoms with Crippen molar-refractivity contribution in [3.63, 3.8) is 0 Å². The van der Waals surface area contributed by atoms with Crippen LogP contribution in [0, 0.1) is 11.6 Å². The first kappa shape index (κ1) is 51.0. The molecule has 21 nitrogen and oxygen atoms in total. The van der Waals surface area contributed by atoms with E-state index in [1.54, 1.807) is 24.3 Å². The van der Waals surface area contributed by atoms with E-state index in [-0.39, 0.29) is 81.1 Å². The van der Waals surface area contributed by atoms with E-state index in [9.17, 15) is 36.0 Å². The molecular formula is C38H39Br2F2N13O8S3. The number of anilines is 3. The van der Waals surface area contributed by atoms with Crippen molar-refractivity contribution in [1.82, 2.24) is 31.6 Å². The van der Waals surface area contributed by atoms with Crippen LogP contribution in [0.25, 0.3) is 0 Å². The molecule has 3 aromatic heterocycles. The molecule has 0 aliphatic rings. The maximum absolute atomic E-state index is 13.4. The van der Waals surface area contributed by atoms with E-state index in [1.165, 1.54) is 60.2 Å². The average Bonchev–Trinajstić information content (AvgIpc) is 4.10. The molecule has 6 rings (SSSR count). The Kier molecular flexibility index (Phi) is 18.9. The van der Waals surface area contributed by atoms with Crippen LogP contribution < -0.4 is 26.5 Å². The summed E-state index contributed by atoms with van der Waals surface area (Å²) in [6.07, 6.45) is 3.08. The number of sulfonamides is 2. The summed E-state index contributed by atoms with van der Waals surface area (Å²) in [5.41, 5.74) is 6.23. The Bertz CT molecular complexity index is 2880. The number of halogens is 4. The lowest BCUT2D eigenvalue weighted by atomic mass is 10.2. The molecule has 0 aliphatic heterocycles. The van der Waals surface area contributed by atoms with E-state index in [0.717, 1.165) is 10.6 Å². The van der Waals surface area contributed by atoms with Gasteiger partial charge in [0.05, 0.1) is 38.0 Å². The fourth-order valence-corrected chi connectivity index (χ4v) is 8.24. The Morgan fingerprint density at radius 1 is 0.727 bits per heavy atom. The van der Waals surface area contributed by atoms with Crippen molar-refractivity contribution in [3.8, 4) is 0 Å². The molecule has 0 saturated heterocycles. The summed E-state index contributed by atoms with van der Waals surface area (Å²) in [4.78, 5) is 11.0. The van der Waals surface area contributed by atoms with Crippen LogP contribution in [0.2, 0.25) is 0 Å². The molecule has 0 spiro atoms. The maximum Gasteiger partial charge on any atom is 0.253 e. The minimum Gasteiger partial charge on any atom is -0.378 e. The quantitative estimate of drug-likeness (QED) is 0.0213. The molecule has 3 aromatic carbocycles. The van der Waals surface area contributed by atoms with Crippen LogP contribution in [0.3, 0.4) is 0 Å². The fraction of sp³-hybridized carbons (Fsp3) is 0.211. The predicted octanol–water partition coefficient (Wildman–Crippen LogP) is 6.69. The molecule has 6 N–H and O–H groups in total. The third-order valence-corrected chi connectivity index (χ3v) is 12.8. The Balaban J connectivity index is 0.000000249. The van der Waals surface area contributed by atoms with Crippen LogP contribution in [-0.2, 0) is 20.0 Å². The Labute approximate surface area is 397 Å². The summed E-state index contributed by atoms with van der Waals surface area (Å²) < 4.78 is 92.4. The summed E-state index contributed by atoms with van der Waals surface area (Å²) in [5, 5.41) is 41.3. The SMILES string of the molecule is CN(C)c1ccc(C=NS(=O)(=O)CCCNc2nonc2C(=Nc2ccc(F)c(Br)c2)NO)cc1.O=S(=O)(CCCNc1nonc1C(=Nc1ccc(F)c(Br)c1)NO)N=Cc1cccs1. The van der Waals surface area contributed by atoms with Crippen molar-refractivity contribution < 1.29 is 45.3 Å². The molecule has 350 valence electrons. The highest BCUT2D eigenvalue weighted by Crippen LogP contribution is 2.25. The highest BCUT2D eigenvalue weighted by Gasteiger charge is 2.19. The first-order chi connectivity index (χ1) is 31.6. The second kappa shape index (κ2) is 24.5. The molecular weight excluding hydrogens is 1060 g/mol. The van der Waals surface area contributed by atoms with Gasteiger partial charge in [-0.3, -0.25) is 21.4 Å². The fourth-order valence-electron chi connectivity index (χ4n) is 5.07. The second-order valence-corrected chi connectivity index (χ2v) is 19.6. The number of aromatic nitrogens is 4. The molecule has 0 unspecified atom stereocenters. The molecule has 0 atom stereocenters. The normalized spacial score (nSPS) is 12.3. The molecule has 28 heteroatoms. The van der Waals surface area contributed by atoms with Crippen molar-refractivity contribution in [2.45, 2.75) is 12.8 Å². The number of benzene rings is 3. The van der Waals surface area contributed by atoms with Crippen molar-refractivity contribution in [2.24, 2.45) is 18.8 Å². The van der Waals surface area contributed by atoms with Gasteiger partial charge in [0, 0.05) is 44.0 Å². The molecule has 0 saturated carbocycles. The van der Waals surface area contributed by atoms with E-state index >= 15 is 0 Å². The van der Waals surface area contributed by atoms with Crippen LogP contribution in [0.15, 0.2) is 115 Å². The third kappa shape index (κ3) is 15.8. The third-order valence-electron chi connectivity index (χ3n) is 8.32. The summed E-state index contributed by atoms with van der Waals surface area (Å²) in [6, 6.07) is 18.9. The minimum absolute atomic E-state index is 0.0509. The molecule has 0 amide bonds. The van der Waals surface area contributed by atoms with Crippen molar-refractivity contribution in [2.75, 3.05) is 54.2 Å². The zero-order chi connectivity index (χ0) is 47.7. The monoisotopic (exact) mass is 1100 g/mol. The number of hydrogen-bond acceptors (Lipinski definition) is 18. The second-order valence-electron chi connectivity index (χ2n) is 13.4. The van der Waals surface area contributed by atoms with Gasteiger partial charge in [-0.25, -0.2) is 44.9 Å². The summed E-state index contributed by atoms with van der Waals surface area (Å²) in [7, 11) is -3.46. The average molecular weight is 1100 g/mol. The Morgan fingerprint density at radius 3 is 1.64 bits per heavy atom. The zero-order valence-corrected chi connectivity index (χ0v) is 40.1. The van der Waals surface area contributed by atoms with Crippen LogP contribution in [-0.4, -0.2) is 111 Å². The van der Waals surface area contributed by atoms with Crippen LogP contribution in [0.1, 0.15) is 34.7 Å². The summed E-state index contributed by atoms with van der Waals surface area (Å²) in [6.45, 7) is 0.421. The first-order valence-electron chi connectivity index (χ1n) is 18.9. The number of amidine groups is 2. The standard InChI is InChI=1S/C21H23BrFN7O4S.C17H16BrFN6O4S2/c1-30(2)16-7-4-14(5-8-16)13-25-35(32,33)11-3-10-24-20-19(28-34-29-20)21(27-31)26-15-6-9-18(23)17(22)12-15;18-13-9-11(4-5-14(13)19)22-17(23-26)15-16(25-29-24-15)20-6-2-8-31(27,28)21-10-12-3-1-7-30-12/h4-9,12-13,31H,3,10-11H2,1-2H3,(H,24,29)(H,26,27);1,3-5,7,9-10,26H,2,6,8H2,(H,20,25)(H,22,23). The maximum atomic E-state index is 13.4. The molecule has 0 fully saturated rings. The first-order valence-corrected chi connectivity index (χ1v) is 24.6. The summed E-state index contributed by atoms with van der Waals surface area (Å²) in [5.74, 6) is -1.23. The van der Waals surface area contributed by atoms with Gasteiger partial charge in [0.25, 0.3) is 20.0 Å². The molecule has 0 bridgehead atoms. The van der Waals surface area contributed by atoms with Gasteiger partial charge in [-0.05, 0) is 131 Å². The Hall–Kier alpha value is -6.04. The minimum atomic E-state index is -3.68. The van der Waals surface area contributed by atoms with Gasteiger partial charge in [0.15, 0.2) is 23.1 Å². The highest BCUT2D eigenvalue weighted by molar-refractivity contribution is 9.10. The van der Waals surface area contributed by atoms with Crippen LogP contribution >= 0.6 is 43.2 Å². The number of aliphatic imine (C=N–C) groups is 2. The van der Waals surface area contributed by atoms with E-state index in [1.807, 2.05) is 47.5 Å². The molecule has 6 aromatic rings. The lowest BCUT2D eigenvalue weighted by molar-refractivity contribution is 0.233. The van der Waals surface area contributed by atoms with E-state index in [4.69, 9.17) is 4.63 Å². The number of rotatable bonds is 19. The lowest BCUT2D eigenvalue weighted by Gasteiger charge is -2.11. The molecule has 0 radical (unpaired) electrons. The Morgan fingerprint density at radius 2 is 1.21 bits per heavy atom. The number of nitrogens with zero attached hydrogens (tertiary/aromatic N) is 9. The van der Waals surface area contributed by atoms with Crippen molar-refractivity contribution in [3.05, 3.63) is 121 Å². The van der Waals surface area contributed by atoms with Gasteiger partial charge in [-0.15, -0.1) is 11.3 Å². The van der Waals surface area contributed by atoms with Crippen molar-refractivity contribution >= 4 is 116 Å². The van der Waals surface area contributed by atoms with Gasteiger partial charge in [0.2, 0.25) is 11.6 Å². The van der Waals surface area contributed by atoms with Gasteiger partial charge < -0.3 is 15.5 Å². The summed E-state index contributed by atoms with van der Waals surface area (Å²) >= 11 is 7.51. The van der Waals surface area contributed by atoms with Gasteiger partial charge in [0.1, 0.15) is 11.6 Å². The van der Waals surface area contributed by atoms with Gasteiger partial charge in [-0.2, -0.15) is 8.80 Å². The molecule has 66 heavy (non-hydrogen) atoms. The number of nitrogens with one attached hydrogen (secondary N) is 4. The van der Waals surface area contributed by atoms with E-state index < -0.39 is 31.7 Å². The van der Waals surface area contributed by atoms with Gasteiger partial charge >= 0.3 is 0 Å². The van der Waals surface area contributed by atoms with Gasteiger partial charge in [-0.1, -0.05) is 18.2 Å². The highest BCUT2D eigenvalue weighted by atomic mass is 79.9. The topological polar surface area (TPSA) is 287 Å². The zero-order valence-electron chi connectivity index (χ0n) is 34.5. The van der Waals surface area contributed by atoms with E-state index in [2.05, 4.69) is 86.5 Å². The number of thiophene rings is 1. The lowest BCUT2D eigenvalue weighted by Crippen LogP contribution is -2.22. The molecule has 0 aliphatic carbocycles. The predicted molar refractivity (Wildman–Crippen MR) is 253 cm³/mol. The molecule has 3 heterocycles. The van der Waals surface area contributed by atoms with Crippen molar-refractivity contribution in [1.29, 1.82) is 0 Å². The number of hydrogen-bond donors (Lipinski definition) is 6. The van der Waals surface area contributed by atoms with E-state index in [0.29, 0.717) is 16.9 Å².